The minimum Gasteiger partial charge on any atom is -0.499 e. The van der Waals surface area contributed by atoms with Crippen LogP contribution in [0, 0.1) is 6.07 Å². The number of aromatic nitrogens is 3. The van der Waals surface area contributed by atoms with E-state index in [2.05, 4.69) is 16.1 Å². The van der Waals surface area contributed by atoms with Crippen LogP contribution in [-0.2, 0) is 20.1 Å². The van der Waals surface area contributed by atoms with Crippen LogP contribution in [0.3, 0.4) is 0 Å². The standard InChI is InChI=1S/C14H8N3O.Ir/c1-4-10-11-5-2-7-15-14(11)18-13(10)12(6-1)17-9-3-8-16-17;/h1-5,7-9H;/q-1;. The molecule has 1 radical (unpaired) electrons. The minimum atomic E-state index is 0. The van der Waals surface area contributed by atoms with Gasteiger partial charge < -0.3 is 4.42 Å². The summed E-state index contributed by atoms with van der Waals surface area (Å²) in [4.78, 5) is 4.23. The topological polar surface area (TPSA) is 43.9 Å². The molecule has 4 rings (SSSR count). The molecule has 0 aliphatic heterocycles. The van der Waals surface area contributed by atoms with Crippen LogP contribution in [0.25, 0.3) is 27.8 Å². The summed E-state index contributed by atoms with van der Waals surface area (Å²) in [6, 6.07) is 12.8. The molecule has 0 spiro atoms. The second-order valence-electron chi connectivity index (χ2n) is 3.98. The molecule has 95 valence electrons. The maximum atomic E-state index is 5.80. The molecular weight excluding hydrogens is 418 g/mol. The first kappa shape index (κ1) is 12.1. The Morgan fingerprint density at radius 3 is 2.89 bits per heavy atom. The summed E-state index contributed by atoms with van der Waals surface area (Å²) in [5.41, 5.74) is 2.20. The van der Waals surface area contributed by atoms with Gasteiger partial charge in [0.15, 0.2) is 0 Å². The number of hydrogen-bond donors (Lipinski definition) is 0. The number of fused-ring (bicyclic) bond motifs is 3. The Kier molecular flexibility index (Phi) is 2.93. The maximum Gasteiger partial charge on any atom is 0.212 e. The molecule has 0 saturated heterocycles. The van der Waals surface area contributed by atoms with Gasteiger partial charge in [-0.15, -0.1) is 0 Å². The largest absolute Gasteiger partial charge is 0.499 e. The van der Waals surface area contributed by atoms with Gasteiger partial charge in [-0.25, -0.2) is 4.98 Å². The summed E-state index contributed by atoms with van der Waals surface area (Å²) in [6.45, 7) is 0. The van der Waals surface area contributed by atoms with Crippen LogP contribution in [0.15, 0.2) is 53.3 Å². The van der Waals surface area contributed by atoms with Crippen LogP contribution in [0.5, 0.6) is 0 Å². The van der Waals surface area contributed by atoms with E-state index >= 15 is 0 Å². The molecule has 4 nitrogen and oxygen atoms in total. The summed E-state index contributed by atoms with van der Waals surface area (Å²) < 4.78 is 7.54. The molecular formula is C14H8IrN3O-. The van der Waals surface area contributed by atoms with Gasteiger partial charge in [-0.1, -0.05) is 5.39 Å². The van der Waals surface area contributed by atoms with Gasteiger partial charge in [-0.05, 0) is 23.9 Å². The van der Waals surface area contributed by atoms with Crippen LogP contribution >= 0.6 is 0 Å². The van der Waals surface area contributed by atoms with Gasteiger partial charge in [0, 0.05) is 49.7 Å². The van der Waals surface area contributed by atoms with E-state index < -0.39 is 0 Å². The number of furan rings is 1. The number of pyridine rings is 1. The second kappa shape index (κ2) is 4.61. The average Bonchev–Trinajstić information content (AvgIpc) is 3.05. The third kappa shape index (κ3) is 1.79. The van der Waals surface area contributed by atoms with Gasteiger partial charge in [0.25, 0.3) is 0 Å². The van der Waals surface area contributed by atoms with Crippen molar-refractivity contribution in [2.75, 3.05) is 0 Å². The number of nitrogens with zero attached hydrogens (tertiary/aromatic N) is 3. The fraction of sp³-hybridized carbons (Fsp3) is 0. The van der Waals surface area contributed by atoms with Crippen molar-refractivity contribution in [2.45, 2.75) is 0 Å². The monoisotopic (exact) mass is 427 g/mol. The zero-order valence-corrected chi connectivity index (χ0v) is 12.1. The van der Waals surface area contributed by atoms with Crippen molar-refractivity contribution in [1.29, 1.82) is 0 Å². The van der Waals surface area contributed by atoms with Gasteiger partial charge in [-0.3, -0.25) is 4.68 Å². The Hall–Kier alpha value is -1.97. The molecule has 5 heteroatoms. The van der Waals surface area contributed by atoms with E-state index in [1.165, 1.54) is 0 Å². The summed E-state index contributed by atoms with van der Waals surface area (Å²) in [6.07, 6.45) is 5.32. The summed E-state index contributed by atoms with van der Waals surface area (Å²) >= 11 is 0. The molecule has 3 heterocycles. The van der Waals surface area contributed by atoms with Gasteiger partial charge in [0.2, 0.25) is 5.71 Å². The van der Waals surface area contributed by atoms with E-state index in [0.29, 0.717) is 5.71 Å². The molecule has 4 aromatic rings. The molecule has 0 atom stereocenters. The first-order valence-corrected chi connectivity index (χ1v) is 5.61. The Morgan fingerprint density at radius 2 is 2.05 bits per heavy atom. The fourth-order valence-electron chi connectivity index (χ4n) is 2.13. The molecule has 0 N–H and O–H groups in total. The average molecular weight is 426 g/mol. The molecule has 3 aromatic heterocycles. The molecule has 0 bridgehead atoms. The SMILES string of the molecule is [Ir].[c-]1ccc2c(oc3ncccc32)c1-n1cccn1. The van der Waals surface area contributed by atoms with E-state index in [9.17, 15) is 0 Å². The first-order chi connectivity index (χ1) is 8.93. The van der Waals surface area contributed by atoms with Crippen LogP contribution < -0.4 is 0 Å². The molecule has 0 saturated carbocycles. The Bertz CT molecular complexity index is 836. The Morgan fingerprint density at radius 1 is 1.11 bits per heavy atom. The third-order valence-electron chi connectivity index (χ3n) is 2.92. The van der Waals surface area contributed by atoms with Crippen molar-refractivity contribution in [3.63, 3.8) is 0 Å². The molecule has 0 aliphatic carbocycles. The number of benzene rings is 1. The zero-order chi connectivity index (χ0) is 11.9. The molecule has 19 heavy (non-hydrogen) atoms. The van der Waals surface area contributed by atoms with Gasteiger partial charge in [0.05, 0.1) is 0 Å². The second-order valence-corrected chi connectivity index (χ2v) is 3.98. The van der Waals surface area contributed by atoms with Crippen LogP contribution in [0.1, 0.15) is 0 Å². The molecule has 0 fully saturated rings. The number of rotatable bonds is 1. The maximum absolute atomic E-state index is 5.80. The molecule has 0 amide bonds. The number of hydrogen-bond acceptors (Lipinski definition) is 3. The zero-order valence-electron chi connectivity index (χ0n) is 9.70. The van der Waals surface area contributed by atoms with E-state index in [4.69, 9.17) is 4.42 Å². The van der Waals surface area contributed by atoms with E-state index in [1.54, 1.807) is 17.1 Å². The summed E-state index contributed by atoms with van der Waals surface area (Å²) in [5.74, 6) is 0. The predicted octanol–water partition coefficient (Wildman–Crippen LogP) is 2.96. The molecule has 0 aliphatic rings. The summed E-state index contributed by atoms with van der Waals surface area (Å²) in [5, 5.41) is 6.25. The van der Waals surface area contributed by atoms with Crippen molar-refractivity contribution < 1.29 is 24.5 Å². The van der Waals surface area contributed by atoms with E-state index in [1.807, 2.05) is 36.5 Å². The first-order valence-electron chi connectivity index (χ1n) is 5.61. The van der Waals surface area contributed by atoms with Crippen molar-refractivity contribution in [2.24, 2.45) is 0 Å². The Balaban J connectivity index is 0.00000110. The van der Waals surface area contributed by atoms with Crippen LogP contribution in [0.2, 0.25) is 0 Å². The van der Waals surface area contributed by atoms with Crippen LogP contribution in [0.4, 0.5) is 0 Å². The van der Waals surface area contributed by atoms with Gasteiger partial charge in [-0.2, -0.15) is 23.3 Å². The normalized spacial score (nSPS) is 10.7. The van der Waals surface area contributed by atoms with Crippen molar-refractivity contribution in [3.05, 3.63) is 55.0 Å². The van der Waals surface area contributed by atoms with Gasteiger partial charge in [0.1, 0.15) is 0 Å². The minimum absolute atomic E-state index is 0. The summed E-state index contributed by atoms with van der Waals surface area (Å²) in [7, 11) is 0. The van der Waals surface area contributed by atoms with E-state index in [0.717, 1.165) is 22.0 Å². The fourth-order valence-corrected chi connectivity index (χ4v) is 2.13. The van der Waals surface area contributed by atoms with Crippen LogP contribution in [-0.4, -0.2) is 14.8 Å². The molecule has 1 aromatic carbocycles. The quantitative estimate of drug-likeness (QED) is 0.440. The van der Waals surface area contributed by atoms with Crippen molar-refractivity contribution >= 4 is 22.1 Å². The van der Waals surface area contributed by atoms with Gasteiger partial charge >= 0.3 is 0 Å². The van der Waals surface area contributed by atoms with E-state index in [-0.39, 0.29) is 20.1 Å². The third-order valence-corrected chi connectivity index (χ3v) is 2.92. The van der Waals surface area contributed by atoms with Crippen molar-refractivity contribution in [3.8, 4) is 5.69 Å². The van der Waals surface area contributed by atoms with Crippen molar-refractivity contribution in [1.82, 2.24) is 14.8 Å². The predicted molar refractivity (Wildman–Crippen MR) is 67.5 cm³/mol. The smallest absolute Gasteiger partial charge is 0.212 e. The molecule has 0 unspecified atom stereocenters. The Labute approximate surface area is 122 Å².